The lowest BCUT2D eigenvalue weighted by Gasteiger charge is -2.11. The first-order chi connectivity index (χ1) is 19.0. The molecular weight excluding hydrogens is 498 g/mol. The Kier molecular flexibility index (Phi) is 6.69. The predicted molar refractivity (Wildman–Crippen MR) is 139 cm³/mol. The van der Waals surface area contributed by atoms with E-state index in [0.717, 1.165) is 0 Å². The molecule has 0 spiro atoms. The van der Waals surface area contributed by atoms with Crippen molar-refractivity contribution in [2.24, 2.45) is 10.2 Å². The first-order valence-corrected chi connectivity index (χ1v) is 11.4. The van der Waals surface area contributed by atoms with E-state index < -0.39 is 11.7 Å². The van der Waals surface area contributed by atoms with Gasteiger partial charge in [-0.15, -0.1) is 10.2 Å². The summed E-state index contributed by atoms with van der Waals surface area (Å²) in [7, 11) is 0. The number of aromatic hydroxyl groups is 1. The summed E-state index contributed by atoms with van der Waals surface area (Å²) >= 11 is 0. The van der Waals surface area contributed by atoms with Crippen LogP contribution >= 0.6 is 0 Å². The number of carbonyl (C=O) groups excluding carboxylic acids is 1. The molecule has 12 nitrogen and oxygen atoms in total. The van der Waals surface area contributed by atoms with Crippen LogP contribution in [-0.2, 0) is 6.61 Å². The van der Waals surface area contributed by atoms with E-state index in [4.69, 9.17) is 0 Å². The number of rotatable bonds is 6. The number of azo groups is 1. The minimum atomic E-state index is -0.593. The second kappa shape index (κ2) is 10.6. The van der Waals surface area contributed by atoms with Gasteiger partial charge in [-0.25, -0.2) is 14.5 Å². The number of amides is 1. The molecule has 0 saturated heterocycles. The number of hydrogen-bond donors (Lipinski definition) is 3. The number of phenolic OH excluding ortho intramolecular Hbond substituents is 1. The molecule has 1 amide bonds. The van der Waals surface area contributed by atoms with Crippen LogP contribution in [-0.4, -0.2) is 35.6 Å². The molecule has 5 rings (SSSR count). The monoisotopic (exact) mass is 515 g/mol. The van der Waals surface area contributed by atoms with E-state index >= 15 is 0 Å². The predicted octanol–water partition coefficient (Wildman–Crippen LogP) is 4.42. The average Bonchev–Trinajstić information content (AvgIpc) is 3.34. The zero-order chi connectivity index (χ0) is 27.4. The Hall–Kier alpha value is -5.98. The summed E-state index contributed by atoms with van der Waals surface area (Å²) < 4.78 is 1.17. The van der Waals surface area contributed by atoms with Gasteiger partial charge in [0.1, 0.15) is 17.8 Å². The van der Waals surface area contributed by atoms with Crippen molar-refractivity contribution < 1.29 is 15.0 Å². The zero-order valence-electron chi connectivity index (χ0n) is 20.0. The lowest BCUT2D eigenvalue weighted by Crippen LogP contribution is -2.12. The first-order valence-electron chi connectivity index (χ1n) is 11.4. The topological polar surface area (TPSA) is 185 Å². The summed E-state index contributed by atoms with van der Waals surface area (Å²) in [5.74, 6) is -1.15. The summed E-state index contributed by atoms with van der Waals surface area (Å²) in [5, 5.41) is 51.6. The van der Waals surface area contributed by atoms with Crippen LogP contribution in [0.5, 0.6) is 5.75 Å². The first kappa shape index (κ1) is 24.7. The molecule has 0 saturated carbocycles. The van der Waals surface area contributed by atoms with Crippen molar-refractivity contribution in [3.05, 3.63) is 95.6 Å². The van der Waals surface area contributed by atoms with E-state index in [2.05, 4.69) is 30.5 Å². The molecule has 0 bridgehead atoms. The highest BCUT2D eigenvalue weighted by atomic mass is 16.3. The molecule has 3 aromatic carbocycles. The number of nitrogens with one attached hydrogen (secondary N) is 1. The maximum atomic E-state index is 13.1. The molecule has 0 aliphatic carbocycles. The van der Waals surface area contributed by atoms with E-state index in [1.807, 2.05) is 12.1 Å². The number of hydrogen-bond acceptors (Lipinski definition) is 10. The van der Waals surface area contributed by atoms with Gasteiger partial charge in [-0.05, 0) is 35.2 Å². The Morgan fingerprint density at radius 2 is 1.74 bits per heavy atom. The summed E-state index contributed by atoms with van der Waals surface area (Å²) in [6.07, 6.45) is 2.91. The number of aromatic nitrogens is 4. The Balaban J connectivity index is 1.61. The Morgan fingerprint density at radius 1 is 1.00 bits per heavy atom. The molecule has 0 aliphatic heterocycles. The number of nitrogens with zero attached hydrogens (tertiary/aromatic N) is 8. The standard InChI is InChI=1S/C27H17N9O3/c28-13-21-22(14-29)36(26-30-10-3-11-31-26)27(33-21)35-34-23-19-5-2-1-4-17(19)12-20(24(23)38)25(39)32-18-8-6-16(15-37)7-9-18/h1-12,37-38H,15H2,(H,32,39)/b35-34+. The number of imidazole rings is 1. The van der Waals surface area contributed by atoms with Gasteiger partial charge in [-0.1, -0.05) is 36.4 Å². The molecule has 39 heavy (non-hydrogen) atoms. The highest BCUT2D eigenvalue weighted by molar-refractivity contribution is 6.11. The fourth-order valence-electron chi connectivity index (χ4n) is 3.83. The molecule has 0 unspecified atom stereocenters. The molecule has 188 valence electrons. The second-order valence-corrected chi connectivity index (χ2v) is 8.07. The van der Waals surface area contributed by atoms with Crippen LogP contribution in [0.4, 0.5) is 17.3 Å². The van der Waals surface area contributed by atoms with Crippen LogP contribution < -0.4 is 5.32 Å². The summed E-state index contributed by atoms with van der Waals surface area (Å²) in [6.45, 7) is -0.131. The number of benzene rings is 3. The highest BCUT2D eigenvalue weighted by Gasteiger charge is 2.22. The molecule has 12 heteroatoms. The van der Waals surface area contributed by atoms with E-state index in [-0.39, 0.29) is 41.1 Å². The molecule has 0 fully saturated rings. The van der Waals surface area contributed by atoms with Crippen molar-refractivity contribution in [3.63, 3.8) is 0 Å². The molecule has 3 N–H and O–H groups in total. The number of nitriles is 2. The van der Waals surface area contributed by atoms with Gasteiger partial charge in [-0.3, -0.25) is 4.79 Å². The van der Waals surface area contributed by atoms with Crippen molar-refractivity contribution in [1.29, 1.82) is 10.5 Å². The van der Waals surface area contributed by atoms with Crippen LogP contribution in [0.1, 0.15) is 27.3 Å². The molecule has 5 aromatic rings. The average molecular weight is 515 g/mol. The van der Waals surface area contributed by atoms with Crippen molar-refractivity contribution in [2.45, 2.75) is 6.61 Å². The summed E-state index contributed by atoms with van der Waals surface area (Å²) in [6, 6.07) is 20.4. The minimum Gasteiger partial charge on any atom is -0.505 e. The fourth-order valence-corrected chi connectivity index (χ4v) is 3.83. The quantitative estimate of drug-likeness (QED) is 0.277. The van der Waals surface area contributed by atoms with Crippen molar-refractivity contribution in [1.82, 2.24) is 19.5 Å². The van der Waals surface area contributed by atoms with Gasteiger partial charge in [0.25, 0.3) is 11.9 Å². The van der Waals surface area contributed by atoms with Gasteiger partial charge >= 0.3 is 0 Å². The van der Waals surface area contributed by atoms with Gasteiger partial charge in [0.05, 0.1) is 12.2 Å². The number of fused-ring (bicyclic) bond motifs is 1. The van der Waals surface area contributed by atoms with Crippen molar-refractivity contribution in [3.8, 4) is 23.8 Å². The fraction of sp³-hybridized carbons (Fsp3) is 0.0370. The number of aliphatic hydroxyl groups is 1. The summed E-state index contributed by atoms with van der Waals surface area (Å²) in [4.78, 5) is 25.4. The number of anilines is 1. The second-order valence-electron chi connectivity index (χ2n) is 8.07. The zero-order valence-corrected chi connectivity index (χ0v) is 20.0. The normalized spacial score (nSPS) is 10.8. The van der Waals surface area contributed by atoms with Crippen LogP contribution in [0.15, 0.2) is 83.3 Å². The summed E-state index contributed by atoms with van der Waals surface area (Å²) in [5.41, 5.74) is 0.738. The number of carbonyl (C=O) groups is 1. The third-order valence-electron chi connectivity index (χ3n) is 5.70. The number of phenols is 1. The third kappa shape index (κ3) is 4.74. The Labute approximate surface area is 220 Å². The molecule has 2 aromatic heterocycles. The van der Waals surface area contributed by atoms with Crippen molar-refractivity contribution in [2.75, 3.05) is 5.32 Å². The largest absolute Gasteiger partial charge is 0.505 e. The maximum Gasteiger partial charge on any atom is 0.259 e. The highest BCUT2D eigenvalue weighted by Crippen LogP contribution is 2.39. The third-order valence-corrected chi connectivity index (χ3v) is 5.70. The Morgan fingerprint density at radius 3 is 2.44 bits per heavy atom. The molecule has 0 aliphatic rings. The number of aliphatic hydroxyl groups excluding tert-OH is 1. The van der Waals surface area contributed by atoms with Crippen LogP contribution in [0.25, 0.3) is 16.7 Å². The van der Waals surface area contributed by atoms with E-state index in [1.165, 1.54) is 23.0 Å². The van der Waals surface area contributed by atoms with Gasteiger partial charge < -0.3 is 15.5 Å². The van der Waals surface area contributed by atoms with E-state index in [0.29, 0.717) is 22.0 Å². The van der Waals surface area contributed by atoms with Gasteiger partial charge in [0, 0.05) is 23.5 Å². The SMILES string of the molecule is N#Cc1nc(/N=N/c2c(O)c(C(=O)Nc3ccc(CO)cc3)cc3ccccc23)n(-c2ncccn2)c1C#N. The van der Waals surface area contributed by atoms with Gasteiger partial charge in [0.2, 0.25) is 5.95 Å². The molecule has 0 atom stereocenters. The molecule has 2 heterocycles. The minimum absolute atomic E-state index is 0.0191. The van der Waals surface area contributed by atoms with Crippen LogP contribution in [0, 0.1) is 22.7 Å². The van der Waals surface area contributed by atoms with Crippen LogP contribution in [0.3, 0.4) is 0 Å². The van der Waals surface area contributed by atoms with E-state index in [9.17, 15) is 25.5 Å². The smallest absolute Gasteiger partial charge is 0.259 e. The van der Waals surface area contributed by atoms with Crippen LogP contribution in [0.2, 0.25) is 0 Å². The Bertz CT molecular complexity index is 1820. The van der Waals surface area contributed by atoms with Gasteiger partial charge in [0.15, 0.2) is 17.1 Å². The molecule has 0 radical (unpaired) electrons. The molecular formula is C27H17N9O3. The van der Waals surface area contributed by atoms with Crippen molar-refractivity contribution >= 4 is 34.0 Å². The lowest BCUT2D eigenvalue weighted by molar-refractivity contribution is 0.102. The maximum absolute atomic E-state index is 13.1. The lowest BCUT2D eigenvalue weighted by atomic mass is 10.0. The van der Waals surface area contributed by atoms with E-state index in [1.54, 1.807) is 54.6 Å². The van der Waals surface area contributed by atoms with Gasteiger partial charge in [-0.2, -0.15) is 15.5 Å².